The Balaban J connectivity index is 2.15. The molecule has 0 bridgehead atoms. The molecule has 0 aromatic carbocycles. The monoisotopic (exact) mass is 150 g/mol. The summed E-state index contributed by atoms with van der Waals surface area (Å²) in [6, 6.07) is 3.60. The highest BCUT2D eigenvalue weighted by Gasteiger charge is 2.24. The molecule has 2 rings (SSSR count). The topological polar surface area (TPSA) is 48.1 Å². The molecule has 0 radical (unpaired) electrons. The molecular formula is C8H10N2O. The van der Waals surface area contributed by atoms with Crippen LogP contribution in [0, 0.1) is 0 Å². The van der Waals surface area contributed by atoms with E-state index in [0.717, 1.165) is 12.8 Å². The molecule has 1 aliphatic rings. The van der Waals surface area contributed by atoms with Crippen LogP contribution in [0.25, 0.3) is 0 Å². The van der Waals surface area contributed by atoms with E-state index < -0.39 is 0 Å². The van der Waals surface area contributed by atoms with Crippen LogP contribution >= 0.6 is 0 Å². The Bertz CT molecular complexity index is 258. The van der Waals surface area contributed by atoms with Crippen molar-refractivity contribution in [3.8, 4) is 5.88 Å². The zero-order valence-electron chi connectivity index (χ0n) is 6.16. The van der Waals surface area contributed by atoms with Gasteiger partial charge in [-0.2, -0.15) is 0 Å². The summed E-state index contributed by atoms with van der Waals surface area (Å²) in [5.41, 5.74) is 6.23. The van der Waals surface area contributed by atoms with E-state index in [0.29, 0.717) is 17.7 Å². The lowest BCUT2D eigenvalue weighted by atomic mass is 10.4. The number of nitrogens with two attached hydrogens (primary N) is 1. The number of rotatable bonds is 2. The van der Waals surface area contributed by atoms with Gasteiger partial charge in [0.1, 0.15) is 6.10 Å². The summed E-state index contributed by atoms with van der Waals surface area (Å²) in [6.07, 6.45) is 4.33. The summed E-state index contributed by atoms with van der Waals surface area (Å²) in [5, 5.41) is 0. The number of ether oxygens (including phenoxy) is 1. The third kappa shape index (κ3) is 1.42. The van der Waals surface area contributed by atoms with Crippen molar-refractivity contribution in [1.82, 2.24) is 4.98 Å². The van der Waals surface area contributed by atoms with Crippen LogP contribution in [-0.4, -0.2) is 11.1 Å². The number of anilines is 1. The molecule has 0 saturated heterocycles. The minimum atomic E-state index is 0.368. The summed E-state index contributed by atoms with van der Waals surface area (Å²) in [6.45, 7) is 0. The first-order valence-electron chi connectivity index (χ1n) is 3.73. The summed E-state index contributed by atoms with van der Waals surface area (Å²) >= 11 is 0. The van der Waals surface area contributed by atoms with E-state index in [2.05, 4.69) is 4.98 Å². The predicted octanol–water partition coefficient (Wildman–Crippen LogP) is 1.21. The van der Waals surface area contributed by atoms with Gasteiger partial charge < -0.3 is 10.5 Å². The number of nitrogen functional groups attached to an aromatic ring is 1. The van der Waals surface area contributed by atoms with Crippen LogP contribution in [0.3, 0.4) is 0 Å². The van der Waals surface area contributed by atoms with Gasteiger partial charge in [0.15, 0.2) is 0 Å². The van der Waals surface area contributed by atoms with Crippen molar-refractivity contribution in [3.05, 3.63) is 18.3 Å². The summed E-state index contributed by atoms with van der Waals surface area (Å²) in [7, 11) is 0. The van der Waals surface area contributed by atoms with E-state index in [1.165, 1.54) is 0 Å². The lowest BCUT2D eigenvalue weighted by molar-refractivity contribution is 0.293. The van der Waals surface area contributed by atoms with Gasteiger partial charge in [-0.05, 0) is 25.0 Å². The molecule has 0 unspecified atom stereocenters. The second-order valence-corrected chi connectivity index (χ2v) is 2.71. The Labute approximate surface area is 65.2 Å². The average molecular weight is 150 g/mol. The SMILES string of the molecule is Nc1cccnc1OC1CC1. The van der Waals surface area contributed by atoms with Crippen LogP contribution in [0.5, 0.6) is 5.88 Å². The first kappa shape index (κ1) is 6.46. The van der Waals surface area contributed by atoms with Gasteiger partial charge in [-0.3, -0.25) is 0 Å². The quantitative estimate of drug-likeness (QED) is 0.689. The van der Waals surface area contributed by atoms with Crippen LogP contribution < -0.4 is 10.5 Å². The third-order valence-corrected chi connectivity index (χ3v) is 1.60. The lowest BCUT2D eigenvalue weighted by Gasteiger charge is -2.04. The fourth-order valence-electron chi connectivity index (χ4n) is 0.845. The third-order valence-electron chi connectivity index (χ3n) is 1.60. The van der Waals surface area contributed by atoms with Crippen LogP contribution in [0.15, 0.2) is 18.3 Å². The van der Waals surface area contributed by atoms with Crippen molar-refractivity contribution in [1.29, 1.82) is 0 Å². The molecule has 1 aromatic heterocycles. The smallest absolute Gasteiger partial charge is 0.237 e. The number of hydrogen-bond acceptors (Lipinski definition) is 3. The molecule has 0 amide bonds. The normalized spacial score (nSPS) is 16.4. The lowest BCUT2D eigenvalue weighted by Crippen LogP contribution is -2.01. The summed E-state index contributed by atoms with van der Waals surface area (Å²) in [5.74, 6) is 0.579. The highest BCUT2D eigenvalue weighted by Crippen LogP contribution is 2.28. The molecule has 1 aliphatic carbocycles. The van der Waals surface area contributed by atoms with Gasteiger partial charge in [0.25, 0.3) is 0 Å². The molecular weight excluding hydrogens is 140 g/mol. The minimum absolute atomic E-state index is 0.368. The molecule has 2 N–H and O–H groups in total. The molecule has 0 spiro atoms. The van der Waals surface area contributed by atoms with E-state index in [1.54, 1.807) is 18.3 Å². The van der Waals surface area contributed by atoms with Crippen molar-refractivity contribution >= 4 is 5.69 Å². The maximum Gasteiger partial charge on any atom is 0.237 e. The molecule has 1 heterocycles. The van der Waals surface area contributed by atoms with Crippen molar-refractivity contribution in [2.75, 3.05) is 5.73 Å². The molecule has 1 saturated carbocycles. The standard InChI is InChI=1S/C8H10N2O/c9-7-2-1-5-10-8(7)11-6-3-4-6/h1-2,5-6H,3-4,9H2. The molecule has 3 nitrogen and oxygen atoms in total. The largest absolute Gasteiger partial charge is 0.473 e. The van der Waals surface area contributed by atoms with Gasteiger partial charge >= 0.3 is 0 Å². The van der Waals surface area contributed by atoms with Crippen molar-refractivity contribution in [2.24, 2.45) is 0 Å². The molecule has 58 valence electrons. The van der Waals surface area contributed by atoms with E-state index in [9.17, 15) is 0 Å². The number of nitrogens with zero attached hydrogens (tertiary/aromatic N) is 1. The molecule has 1 fully saturated rings. The zero-order chi connectivity index (χ0) is 7.68. The van der Waals surface area contributed by atoms with Crippen LogP contribution in [-0.2, 0) is 0 Å². The Morgan fingerprint density at radius 1 is 1.55 bits per heavy atom. The van der Waals surface area contributed by atoms with Crippen LogP contribution in [0.2, 0.25) is 0 Å². The van der Waals surface area contributed by atoms with Gasteiger partial charge in [0, 0.05) is 6.20 Å². The maximum absolute atomic E-state index is 5.61. The van der Waals surface area contributed by atoms with Gasteiger partial charge in [0.05, 0.1) is 5.69 Å². The summed E-state index contributed by atoms with van der Waals surface area (Å²) < 4.78 is 5.42. The first-order valence-corrected chi connectivity index (χ1v) is 3.73. The van der Waals surface area contributed by atoms with Gasteiger partial charge in [0.2, 0.25) is 5.88 Å². The van der Waals surface area contributed by atoms with Crippen molar-refractivity contribution in [2.45, 2.75) is 18.9 Å². The second kappa shape index (κ2) is 2.42. The summed E-state index contributed by atoms with van der Waals surface area (Å²) in [4.78, 5) is 4.01. The van der Waals surface area contributed by atoms with Gasteiger partial charge in [-0.25, -0.2) is 4.98 Å². The predicted molar refractivity (Wildman–Crippen MR) is 42.3 cm³/mol. The Morgan fingerprint density at radius 3 is 3.00 bits per heavy atom. The number of hydrogen-bond donors (Lipinski definition) is 1. The fraction of sp³-hybridized carbons (Fsp3) is 0.375. The van der Waals surface area contributed by atoms with Gasteiger partial charge in [-0.15, -0.1) is 0 Å². The average Bonchev–Trinajstić information content (AvgIpc) is 2.78. The molecule has 1 aromatic rings. The molecule has 0 atom stereocenters. The van der Waals surface area contributed by atoms with Gasteiger partial charge in [-0.1, -0.05) is 0 Å². The van der Waals surface area contributed by atoms with E-state index in [4.69, 9.17) is 10.5 Å². The van der Waals surface area contributed by atoms with E-state index in [1.807, 2.05) is 0 Å². The Kier molecular flexibility index (Phi) is 1.42. The van der Waals surface area contributed by atoms with E-state index >= 15 is 0 Å². The Hall–Kier alpha value is -1.25. The van der Waals surface area contributed by atoms with E-state index in [-0.39, 0.29) is 0 Å². The molecule has 11 heavy (non-hydrogen) atoms. The highest BCUT2D eigenvalue weighted by molar-refractivity contribution is 5.47. The fourth-order valence-corrected chi connectivity index (χ4v) is 0.845. The molecule has 3 heteroatoms. The maximum atomic E-state index is 5.61. The van der Waals surface area contributed by atoms with Crippen LogP contribution in [0.1, 0.15) is 12.8 Å². The Morgan fingerprint density at radius 2 is 2.36 bits per heavy atom. The van der Waals surface area contributed by atoms with Crippen molar-refractivity contribution in [3.63, 3.8) is 0 Å². The van der Waals surface area contributed by atoms with Crippen molar-refractivity contribution < 1.29 is 4.74 Å². The number of pyridine rings is 1. The first-order chi connectivity index (χ1) is 5.36. The highest BCUT2D eigenvalue weighted by atomic mass is 16.5. The number of aromatic nitrogens is 1. The van der Waals surface area contributed by atoms with Crippen LogP contribution in [0.4, 0.5) is 5.69 Å². The second-order valence-electron chi connectivity index (χ2n) is 2.71. The minimum Gasteiger partial charge on any atom is -0.473 e. The zero-order valence-corrected chi connectivity index (χ0v) is 6.16. The molecule has 0 aliphatic heterocycles.